The topological polar surface area (TPSA) is 108 Å². The maximum atomic E-state index is 12.9. The number of aliphatic hydroxyl groups is 1. The summed E-state index contributed by atoms with van der Waals surface area (Å²) in [6.07, 6.45) is 58.1. The van der Waals surface area contributed by atoms with E-state index in [1.807, 2.05) is 27.2 Å². The third-order valence-electron chi connectivity index (χ3n) is 12.7. The number of nitrogens with zero attached hydrogens (tertiary/aromatic N) is 1. The molecular formula is C55H109N2O6P. The van der Waals surface area contributed by atoms with Gasteiger partial charge < -0.3 is 28.8 Å². The largest absolute Gasteiger partial charge is 0.756 e. The Morgan fingerprint density at radius 2 is 0.859 bits per heavy atom. The number of hydrogen-bond acceptors (Lipinski definition) is 6. The Kier molecular flexibility index (Phi) is 46.3. The highest BCUT2D eigenvalue weighted by atomic mass is 31.2. The highest BCUT2D eigenvalue weighted by Crippen LogP contribution is 2.38. The van der Waals surface area contributed by atoms with Crippen molar-refractivity contribution in [2.45, 2.75) is 283 Å². The Morgan fingerprint density at radius 1 is 0.531 bits per heavy atom. The minimum atomic E-state index is -4.59. The van der Waals surface area contributed by atoms with Gasteiger partial charge in [0.25, 0.3) is 7.82 Å². The van der Waals surface area contributed by atoms with Crippen molar-refractivity contribution in [1.29, 1.82) is 0 Å². The summed E-state index contributed by atoms with van der Waals surface area (Å²) in [5.74, 6) is -0.198. The Balaban J connectivity index is 4.24. The van der Waals surface area contributed by atoms with E-state index in [9.17, 15) is 19.4 Å². The number of hydrogen-bond donors (Lipinski definition) is 2. The predicted molar refractivity (Wildman–Crippen MR) is 275 cm³/mol. The number of phosphoric ester groups is 1. The first-order valence-corrected chi connectivity index (χ1v) is 29.2. The molecule has 1 amide bonds. The first-order valence-electron chi connectivity index (χ1n) is 27.7. The van der Waals surface area contributed by atoms with Crippen molar-refractivity contribution in [3.63, 3.8) is 0 Å². The smallest absolute Gasteiger partial charge is 0.268 e. The third-order valence-corrected chi connectivity index (χ3v) is 13.6. The van der Waals surface area contributed by atoms with Crippen LogP contribution in [0.15, 0.2) is 24.3 Å². The number of likely N-dealkylation sites (N-methyl/N-ethyl adjacent to an activating group) is 1. The van der Waals surface area contributed by atoms with Crippen LogP contribution in [0.3, 0.4) is 0 Å². The molecule has 8 nitrogen and oxygen atoms in total. The number of allylic oxidation sites excluding steroid dienone is 3. The molecule has 64 heavy (non-hydrogen) atoms. The van der Waals surface area contributed by atoms with Gasteiger partial charge in [-0.15, -0.1) is 0 Å². The van der Waals surface area contributed by atoms with Crippen LogP contribution in [0.25, 0.3) is 0 Å². The third kappa shape index (κ3) is 48.9. The van der Waals surface area contributed by atoms with E-state index in [1.165, 1.54) is 212 Å². The van der Waals surface area contributed by atoms with Crippen LogP contribution >= 0.6 is 7.82 Å². The highest BCUT2D eigenvalue weighted by Gasteiger charge is 2.23. The molecule has 0 aliphatic carbocycles. The molecule has 0 aromatic carbocycles. The Labute approximate surface area is 398 Å². The lowest BCUT2D eigenvalue weighted by Gasteiger charge is -2.29. The normalized spacial score (nSPS) is 14.2. The van der Waals surface area contributed by atoms with Crippen LogP contribution < -0.4 is 10.2 Å². The summed E-state index contributed by atoms with van der Waals surface area (Å²) in [6.45, 7) is 4.68. The molecule has 0 saturated heterocycles. The van der Waals surface area contributed by atoms with E-state index >= 15 is 0 Å². The van der Waals surface area contributed by atoms with Gasteiger partial charge in [0, 0.05) is 6.42 Å². The zero-order chi connectivity index (χ0) is 47.1. The molecule has 0 aliphatic rings. The molecule has 0 spiro atoms. The first-order chi connectivity index (χ1) is 31.0. The van der Waals surface area contributed by atoms with Gasteiger partial charge in [0.1, 0.15) is 13.2 Å². The number of aliphatic hydroxyl groups excluding tert-OH is 1. The average Bonchev–Trinajstić information content (AvgIpc) is 3.25. The summed E-state index contributed by atoms with van der Waals surface area (Å²) >= 11 is 0. The number of rotatable bonds is 51. The molecule has 0 bridgehead atoms. The number of phosphoric acid groups is 1. The van der Waals surface area contributed by atoms with Gasteiger partial charge in [-0.2, -0.15) is 0 Å². The number of carbonyl (C=O) groups excluding carboxylic acids is 1. The van der Waals surface area contributed by atoms with Crippen molar-refractivity contribution in [2.24, 2.45) is 0 Å². The number of nitrogens with one attached hydrogen (secondary N) is 1. The maximum absolute atomic E-state index is 12.9. The zero-order valence-corrected chi connectivity index (χ0v) is 44.1. The molecule has 0 heterocycles. The number of quaternary nitrogens is 1. The molecule has 0 fully saturated rings. The summed E-state index contributed by atoms with van der Waals surface area (Å²) in [7, 11) is 1.27. The van der Waals surface area contributed by atoms with Crippen LogP contribution in [0.2, 0.25) is 0 Å². The van der Waals surface area contributed by atoms with E-state index < -0.39 is 20.0 Å². The fourth-order valence-corrected chi connectivity index (χ4v) is 8.99. The Bertz CT molecular complexity index is 1090. The van der Waals surface area contributed by atoms with Gasteiger partial charge in [-0.05, 0) is 44.9 Å². The van der Waals surface area contributed by atoms with E-state index in [1.54, 1.807) is 6.08 Å². The van der Waals surface area contributed by atoms with E-state index in [0.29, 0.717) is 17.4 Å². The molecule has 380 valence electrons. The van der Waals surface area contributed by atoms with Gasteiger partial charge in [0.15, 0.2) is 0 Å². The minimum Gasteiger partial charge on any atom is -0.756 e. The summed E-state index contributed by atoms with van der Waals surface area (Å²) < 4.78 is 23.3. The van der Waals surface area contributed by atoms with Crippen molar-refractivity contribution in [1.82, 2.24) is 5.32 Å². The molecule has 0 rings (SSSR count). The van der Waals surface area contributed by atoms with Crippen molar-refractivity contribution in [3.05, 3.63) is 24.3 Å². The number of amides is 1. The molecule has 0 saturated carbocycles. The fraction of sp³-hybridized carbons (Fsp3) is 0.909. The lowest BCUT2D eigenvalue weighted by atomic mass is 10.0. The fourth-order valence-electron chi connectivity index (χ4n) is 8.27. The van der Waals surface area contributed by atoms with Gasteiger partial charge in [-0.3, -0.25) is 9.36 Å². The summed E-state index contributed by atoms with van der Waals surface area (Å²) in [5.41, 5.74) is 0. The number of unbranched alkanes of at least 4 members (excludes halogenated alkanes) is 36. The predicted octanol–water partition coefficient (Wildman–Crippen LogP) is 15.8. The molecule has 3 atom stereocenters. The van der Waals surface area contributed by atoms with E-state index in [2.05, 4.69) is 31.3 Å². The van der Waals surface area contributed by atoms with Gasteiger partial charge in [-0.1, -0.05) is 244 Å². The quantitative estimate of drug-likeness (QED) is 0.0272. The SMILES string of the molecule is CCCCCCCCCCCCCC/C=C\CCCCCCCCCC(=O)NC(COP(=O)([O-])OCC[N+](C)(C)C)C(O)/C=C/CCCCCCCCCCCCCCCCCCC. The van der Waals surface area contributed by atoms with Crippen LogP contribution in [0.4, 0.5) is 0 Å². The van der Waals surface area contributed by atoms with Gasteiger partial charge >= 0.3 is 0 Å². The standard InChI is InChI=1S/C55H109N2O6P/c1-6-8-10-12-14-16-18-20-22-24-26-27-28-29-31-33-35-37-39-41-43-45-47-49-55(59)56-53(52-63-64(60,61)62-51-50-57(3,4)5)54(58)48-46-44-42-40-38-36-34-32-30-25-23-21-19-17-15-13-11-9-7-2/h29,31,46,48,53-54,58H,6-28,30,32-45,47,49-52H2,1-5H3,(H-,56,59,60,61)/b31-29-,48-46+. The van der Waals surface area contributed by atoms with Crippen molar-refractivity contribution in [2.75, 3.05) is 40.9 Å². The average molecular weight is 925 g/mol. The first kappa shape index (κ1) is 63.0. The van der Waals surface area contributed by atoms with Crippen LogP contribution in [0.5, 0.6) is 0 Å². The van der Waals surface area contributed by atoms with Crippen molar-refractivity contribution in [3.8, 4) is 0 Å². The second-order valence-electron chi connectivity index (χ2n) is 20.3. The monoisotopic (exact) mass is 925 g/mol. The zero-order valence-electron chi connectivity index (χ0n) is 43.3. The molecular weight excluding hydrogens is 816 g/mol. The van der Waals surface area contributed by atoms with Crippen molar-refractivity contribution >= 4 is 13.7 Å². The Morgan fingerprint density at radius 3 is 1.22 bits per heavy atom. The second kappa shape index (κ2) is 47.1. The molecule has 2 N–H and O–H groups in total. The molecule has 0 aliphatic heterocycles. The van der Waals surface area contributed by atoms with Crippen LogP contribution in [0.1, 0.15) is 271 Å². The molecule has 9 heteroatoms. The lowest BCUT2D eigenvalue weighted by molar-refractivity contribution is -0.870. The van der Waals surface area contributed by atoms with Gasteiger partial charge in [0.05, 0.1) is 39.9 Å². The summed E-state index contributed by atoms with van der Waals surface area (Å²) in [5, 5.41) is 13.9. The van der Waals surface area contributed by atoms with E-state index in [-0.39, 0.29) is 19.1 Å². The minimum absolute atomic E-state index is 0.000295. The van der Waals surface area contributed by atoms with Crippen LogP contribution in [-0.4, -0.2) is 68.5 Å². The highest BCUT2D eigenvalue weighted by molar-refractivity contribution is 7.45. The molecule has 0 aromatic rings. The van der Waals surface area contributed by atoms with Crippen molar-refractivity contribution < 1.29 is 32.9 Å². The molecule has 0 aromatic heterocycles. The lowest BCUT2D eigenvalue weighted by Crippen LogP contribution is -2.45. The van der Waals surface area contributed by atoms with Gasteiger partial charge in [-0.25, -0.2) is 0 Å². The van der Waals surface area contributed by atoms with E-state index in [4.69, 9.17) is 9.05 Å². The van der Waals surface area contributed by atoms with E-state index in [0.717, 1.165) is 38.5 Å². The second-order valence-corrected chi connectivity index (χ2v) is 21.7. The number of carbonyl (C=O) groups is 1. The van der Waals surface area contributed by atoms with Gasteiger partial charge in [0.2, 0.25) is 5.91 Å². The van der Waals surface area contributed by atoms with Crippen LogP contribution in [-0.2, 0) is 18.4 Å². The van der Waals surface area contributed by atoms with Crippen LogP contribution in [0, 0.1) is 0 Å². The molecule has 3 unspecified atom stereocenters. The summed E-state index contributed by atoms with van der Waals surface area (Å²) in [4.78, 5) is 25.5. The molecule has 0 radical (unpaired) electrons. The maximum Gasteiger partial charge on any atom is 0.268 e. The summed E-state index contributed by atoms with van der Waals surface area (Å²) in [6, 6.07) is -0.887. The Hall–Kier alpha value is -1.02.